The van der Waals surface area contributed by atoms with Gasteiger partial charge in [0.1, 0.15) is 11.9 Å². The molecule has 8 heteroatoms. The van der Waals surface area contributed by atoms with E-state index in [4.69, 9.17) is 0 Å². The SMILES string of the molecule is C[C@](O)(CNC(=O)C(=O)Nc1ccon1)c1cc2ccccc2s1. The lowest BCUT2D eigenvalue weighted by Gasteiger charge is -2.22. The van der Waals surface area contributed by atoms with E-state index in [1.807, 2.05) is 30.3 Å². The van der Waals surface area contributed by atoms with Crippen LogP contribution in [0.2, 0.25) is 0 Å². The number of nitrogens with one attached hydrogen (secondary N) is 2. The molecule has 0 saturated carbocycles. The number of amides is 2. The highest BCUT2D eigenvalue weighted by atomic mass is 32.1. The number of benzene rings is 1. The molecule has 2 aromatic heterocycles. The Balaban J connectivity index is 1.63. The van der Waals surface area contributed by atoms with Crippen molar-refractivity contribution in [3.8, 4) is 0 Å². The molecule has 3 N–H and O–H groups in total. The standard InChI is InChI=1S/C16H15N3O4S/c1-16(22,12-8-10-4-2-3-5-11(10)24-12)9-17-14(20)15(21)18-13-6-7-23-19-13/h2-8,22H,9H2,1H3,(H,17,20)(H,18,19,21)/t16-/m0/s1. The first-order valence-electron chi connectivity index (χ1n) is 7.17. The summed E-state index contributed by atoms with van der Waals surface area (Å²) in [4.78, 5) is 24.3. The molecule has 0 fully saturated rings. The number of nitrogens with zero attached hydrogens (tertiary/aromatic N) is 1. The molecule has 2 heterocycles. The molecule has 7 nitrogen and oxygen atoms in total. The monoisotopic (exact) mass is 345 g/mol. The van der Waals surface area contributed by atoms with Gasteiger partial charge in [0.2, 0.25) is 0 Å². The number of hydrogen-bond acceptors (Lipinski definition) is 6. The topological polar surface area (TPSA) is 104 Å². The molecule has 24 heavy (non-hydrogen) atoms. The molecule has 0 aliphatic carbocycles. The van der Waals surface area contributed by atoms with E-state index >= 15 is 0 Å². The van der Waals surface area contributed by atoms with Crippen LogP contribution in [0.4, 0.5) is 5.82 Å². The number of aromatic nitrogens is 1. The highest BCUT2D eigenvalue weighted by molar-refractivity contribution is 7.19. The molecule has 0 aliphatic rings. The number of rotatable bonds is 4. The summed E-state index contributed by atoms with van der Waals surface area (Å²) >= 11 is 1.44. The molecule has 1 atom stereocenters. The first-order valence-corrected chi connectivity index (χ1v) is 7.98. The van der Waals surface area contributed by atoms with Gasteiger partial charge in [-0.1, -0.05) is 23.4 Å². The molecule has 3 rings (SSSR count). The lowest BCUT2D eigenvalue weighted by atomic mass is 10.0. The summed E-state index contributed by atoms with van der Waals surface area (Å²) in [5.74, 6) is -1.60. The van der Waals surface area contributed by atoms with Crippen molar-refractivity contribution in [1.29, 1.82) is 0 Å². The van der Waals surface area contributed by atoms with Crippen molar-refractivity contribution in [1.82, 2.24) is 10.5 Å². The smallest absolute Gasteiger partial charge is 0.314 e. The average molecular weight is 345 g/mol. The minimum Gasteiger partial charge on any atom is -0.383 e. The maximum atomic E-state index is 11.8. The van der Waals surface area contributed by atoms with Crippen molar-refractivity contribution in [2.24, 2.45) is 0 Å². The average Bonchev–Trinajstić information content (AvgIpc) is 3.21. The fourth-order valence-corrected chi connectivity index (χ4v) is 3.22. The third-order valence-electron chi connectivity index (χ3n) is 3.44. The molecule has 124 valence electrons. The number of carbonyl (C=O) groups is 2. The third-order valence-corrected chi connectivity index (χ3v) is 4.80. The van der Waals surface area contributed by atoms with Crippen LogP contribution in [0.3, 0.4) is 0 Å². The van der Waals surface area contributed by atoms with Crippen molar-refractivity contribution in [2.75, 3.05) is 11.9 Å². The summed E-state index contributed by atoms with van der Waals surface area (Å²) in [6.07, 6.45) is 1.28. The molecule has 0 bridgehead atoms. The van der Waals surface area contributed by atoms with Gasteiger partial charge in [-0.25, -0.2) is 0 Å². The van der Waals surface area contributed by atoms with Gasteiger partial charge in [0.15, 0.2) is 5.82 Å². The quantitative estimate of drug-likeness (QED) is 0.626. The van der Waals surface area contributed by atoms with Gasteiger partial charge >= 0.3 is 11.8 Å². The molecule has 3 aromatic rings. The zero-order valence-electron chi connectivity index (χ0n) is 12.8. The Morgan fingerprint density at radius 2 is 2.08 bits per heavy atom. The van der Waals surface area contributed by atoms with Gasteiger partial charge < -0.3 is 14.9 Å². The number of thiophene rings is 1. The highest BCUT2D eigenvalue weighted by Gasteiger charge is 2.27. The van der Waals surface area contributed by atoms with Crippen LogP contribution in [0.25, 0.3) is 10.1 Å². The number of anilines is 1. The normalized spacial score (nSPS) is 13.4. The molecule has 1 aromatic carbocycles. The van der Waals surface area contributed by atoms with Gasteiger partial charge in [0, 0.05) is 15.6 Å². The van der Waals surface area contributed by atoms with Crippen LogP contribution in [-0.2, 0) is 15.2 Å². The van der Waals surface area contributed by atoms with E-state index in [0.29, 0.717) is 4.88 Å². The number of aliphatic hydroxyl groups is 1. The number of hydrogen-bond donors (Lipinski definition) is 3. The van der Waals surface area contributed by atoms with Gasteiger partial charge in [0.05, 0.1) is 6.54 Å². The van der Waals surface area contributed by atoms with E-state index in [2.05, 4.69) is 20.3 Å². The Bertz CT molecular complexity index is 837. The van der Waals surface area contributed by atoms with Gasteiger partial charge in [-0.15, -0.1) is 11.3 Å². The Morgan fingerprint density at radius 1 is 1.29 bits per heavy atom. The van der Waals surface area contributed by atoms with Crippen LogP contribution < -0.4 is 10.6 Å². The van der Waals surface area contributed by atoms with E-state index < -0.39 is 17.4 Å². The predicted molar refractivity (Wildman–Crippen MR) is 89.5 cm³/mol. The van der Waals surface area contributed by atoms with Crippen molar-refractivity contribution in [3.63, 3.8) is 0 Å². The molecule has 2 amide bonds. The molecule has 0 spiro atoms. The van der Waals surface area contributed by atoms with E-state index in [9.17, 15) is 14.7 Å². The second-order valence-electron chi connectivity index (χ2n) is 5.44. The summed E-state index contributed by atoms with van der Waals surface area (Å²) in [5, 5.41) is 19.8. The van der Waals surface area contributed by atoms with Crippen molar-refractivity contribution in [3.05, 3.63) is 47.5 Å². The van der Waals surface area contributed by atoms with Crippen LogP contribution in [-0.4, -0.2) is 28.6 Å². The molecule has 0 unspecified atom stereocenters. The largest absolute Gasteiger partial charge is 0.383 e. The first kappa shape index (κ1) is 16.2. The zero-order valence-corrected chi connectivity index (χ0v) is 13.6. The van der Waals surface area contributed by atoms with E-state index in [1.54, 1.807) is 6.92 Å². The van der Waals surface area contributed by atoms with Crippen LogP contribution in [0.15, 0.2) is 47.2 Å². The lowest BCUT2D eigenvalue weighted by molar-refractivity contribution is -0.136. The summed E-state index contributed by atoms with van der Waals surface area (Å²) in [6.45, 7) is 1.50. The van der Waals surface area contributed by atoms with Crippen LogP contribution in [0.1, 0.15) is 11.8 Å². The van der Waals surface area contributed by atoms with Gasteiger partial charge in [-0.2, -0.15) is 0 Å². The molecule has 0 aliphatic heterocycles. The number of carbonyl (C=O) groups excluding carboxylic acids is 2. The highest BCUT2D eigenvalue weighted by Crippen LogP contribution is 2.32. The minimum absolute atomic E-state index is 0.0924. The third kappa shape index (κ3) is 3.44. The zero-order chi connectivity index (χ0) is 17.2. The van der Waals surface area contributed by atoms with Crippen LogP contribution in [0.5, 0.6) is 0 Å². The van der Waals surface area contributed by atoms with Gasteiger partial charge in [-0.3, -0.25) is 14.9 Å². The predicted octanol–water partition coefficient (Wildman–Crippen LogP) is 1.85. The summed E-state index contributed by atoms with van der Waals surface area (Å²) < 4.78 is 5.61. The summed E-state index contributed by atoms with van der Waals surface area (Å²) in [6, 6.07) is 11.1. The summed E-state index contributed by atoms with van der Waals surface area (Å²) in [5.41, 5.74) is -1.28. The fourth-order valence-electron chi connectivity index (χ4n) is 2.12. The molecule has 0 radical (unpaired) electrons. The Morgan fingerprint density at radius 3 is 2.79 bits per heavy atom. The van der Waals surface area contributed by atoms with Gasteiger partial charge in [0.25, 0.3) is 0 Å². The molecular formula is C16H15N3O4S. The van der Waals surface area contributed by atoms with Crippen molar-refractivity contribution < 1.29 is 19.2 Å². The van der Waals surface area contributed by atoms with Crippen LogP contribution in [0, 0.1) is 0 Å². The summed E-state index contributed by atoms with van der Waals surface area (Å²) in [7, 11) is 0. The minimum atomic E-state index is -1.28. The second kappa shape index (κ2) is 6.42. The molecular weight excluding hydrogens is 330 g/mol. The van der Waals surface area contributed by atoms with Gasteiger partial charge in [-0.05, 0) is 24.4 Å². The van der Waals surface area contributed by atoms with E-state index in [-0.39, 0.29) is 12.4 Å². The fraction of sp³-hybridized carbons (Fsp3) is 0.188. The Kier molecular flexibility index (Phi) is 4.32. The Labute approximate surface area is 141 Å². The van der Waals surface area contributed by atoms with E-state index in [0.717, 1.165) is 10.1 Å². The van der Waals surface area contributed by atoms with Crippen LogP contribution >= 0.6 is 11.3 Å². The Hall–Kier alpha value is -2.71. The second-order valence-corrected chi connectivity index (χ2v) is 6.53. The number of fused-ring (bicyclic) bond motifs is 1. The van der Waals surface area contributed by atoms with Crippen molar-refractivity contribution >= 4 is 39.1 Å². The maximum absolute atomic E-state index is 11.8. The van der Waals surface area contributed by atoms with E-state index in [1.165, 1.54) is 23.7 Å². The first-order chi connectivity index (χ1) is 11.5. The van der Waals surface area contributed by atoms with Crippen molar-refractivity contribution in [2.45, 2.75) is 12.5 Å². The maximum Gasteiger partial charge on any atom is 0.314 e. The lowest BCUT2D eigenvalue weighted by Crippen LogP contribution is -2.43. The molecule has 0 saturated heterocycles.